The number of rotatable bonds is 0. The van der Waals surface area contributed by atoms with Gasteiger partial charge in [0.1, 0.15) is 0 Å². The summed E-state index contributed by atoms with van der Waals surface area (Å²) in [4.78, 5) is 0. The third kappa shape index (κ3) is 1.12. The standard InChI is InChI=1S/C12H20/c1-10-6-5-8-11-7-3-4-9-12(10,11)2/h5-6,10-11H,3-4,7-9H2,1-2H3. The second kappa shape index (κ2) is 2.90. The number of hydrogen-bond donors (Lipinski definition) is 0. The van der Waals surface area contributed by atoms with Crippen molar-refractivity contribution < 1.29 is 0 Å². The maximum atomic E-state index is 2.50. The molecule has 12 heavy (non-hydrogen) atoms. The molecule has 0 aromatic rings. The number of allylic oxidation sites excluding steroid dienone is 2. The lowest BCUT2D eigenvalue weighted by Gasteiger charge is -2.47. The average Bonchev–Trinajstić information content (AvgIpc) is 2.07. The van der Waals surface area contributed by atoms with E-state index in [1.54, 1.807) is 0 Å². The molecule has 0 nitrogen and oxygen atoms in total. The van der Waals surface area contributed by atoms with Crippen LogP contribution in [0.2, 0.25) is 0 Å². The van der Waals surface area contributed by atoms with E-state index in [0.717, 1.165) is 11.8 Å². The van der Waals surface area contributed by atoms with Crippen LogP contribution in [0, 0.1) is 17.3 Å². The van der Waals surface area contributed by atoms with Crippen molar-refractivity contribution in [3.05, 3.63) is 12.2 Å². The molecule has 0 bridgehead atoms. The van der Waals surface area contributed by atoms with Gasteiger partial charge in [0.25, 0.3) is 0 Å². The highest BCUT2D eigenvalue weighted by Gasteiger charge is 2.40. The lowest BCUT2D eigenvalue weighted by molar-refractivity contribution is 0.0666. The monoisotopic (exact) mass is 164 g/mol. The molecule has 0 aliphatic heterocycles. The molecule has 0 radical (unpaired) electrons. The Kier molecular flexibility index (Phi) is 2.02. The number of hydrogen-bond acceptors (Lipinski definition) is 0. The topological polar surface area (TPSA) is 0 Å². The predicted molar refractivity (Wildman–Crippen MR) is 53.0 cm³/mol. The molecule has 0 heterocycles. The van der Waals surface area contributed by atoms with Gasteiger partial charge in [-0.3, -0.25) is 0 Å². The van der Waals surface area contributed by atoms with Gasteiger partial charge in [-0.2, -0.15) is 0 Å². The molecule has 0 spiro atoms. The highest BCUT2D eigenvalue weighted by molar-refractivity contribution is 5.05. The maximum absolute atomic E-state index is 2.50. The lowest BCUT2D eigenvalue weighted by atomic mass is 9.58. The SMILES string of the molecule is CC1C=CCC2CCCCC12C. The van der Waals surface area contributed by atoms with E-state index in [0.29, 0.717) is 5.41 Å². The first kappa shape index (κ1) is 8.34. The molecule has 3 unspecified atom stereocenters. The van der Waals surface area contributed by atoms with Crippen LogP contribution >= 0.6 is 0 Å². The molecule has 1 saturated carbocycles. The van der Waals surface area contributed by atoms with E-state index in [-0.39, 0.29) is 0 Å². The van der Waals surface area contributed by atoms with Crippen LogP contribution in [0.3, 0.4) is 0 Å². The summed E-state index contributed by atoms with van der Waals surface area (Å²) in [6, 6.07) is 0. The Labute approximate surface area is 76.1 Å². The summed E-state index contributed by atoms with van der Waals surface area (Å²) in [6.45, 7) is 4.90. The van der Waals surface area contributed by atoms with Gasteiger partial charge in [-0.15, -0.1) is 0 Å². The van der Waals surface area contributed by atoms with E-state index in [9.17, 15) is 0 Å². The normalized spacial score (nSPS) is 47.2. The van der Waals surface area contributed by atoms with Gasteiger partial charge in [0.2, 0.25) is 0 Å². The van der Waals surface area contributed by atoms with Crippen molar-refractivity contribution in [1.82, 2.24) is 0 Å². The van der Waals surface area contributed by atoms with E-state index in [1.165, 1.54) is 32.1 Å². The first-order chi connectivity index (χ1) is 5.73. The van der Waals surface area contributed by atoms with Crippen molar-refractivity contribution in [3.63, 3.8) is 0 Å². The summed E-state index contributed by atoms with van der Waals surface area (Å²) in [7, 11) is 0. The molecule has 0 heteroatoms. The molecular formula is C12H20. The van der Waals surface area contributed by atoms with Crippen LogP contribution in [0.15, 0.2) is 12.2 Å². The minimum Gasteiger partial charge on any atom is -0.0880 e. The summed E-state index contributed by atoms with van der Waals surface area (Å²) < 4.78 is 0. The summed E-state index contributed by atoms with van der Waals surface area (Å²) >= 11 is 0. The Morgan fingerprint density at radius 1 is 1.33 bits per heavy atom. The largest absolute Gasteiger partial charge is 0.0880 e. The zero-order valence-electron chi connectivity index (χ0n) is 8.34. The summed E-state index contributed by atoms with van der Waals surface area (Å²) in [5, 5.41) is 0. The van der Waals surface area contributed by atoms with Crippen LogP contribution in [-0.2, 0) is 0 Å². The van der Waals surface area contributed by atoms with Gasteiger partial charge >= 0.3 is 0 Å². The molecule has 1 fully saturated rings. The molecule has 3 atom stereocenters. The molecule has 68 valence electrons. The van der Waals surface area contributed by atoms with Gasteiger partial charge in [0.15, 0.2) is 0 Å². The third-order valence-electron chi connectivity index (χ3n) is 4.34. The van der Waals surface area contributed by atoms with E-state index in [2.05, 4.69) is 26.0 Å². The Balaban J connectivity index is 2.22. The smallest absolute Gasteiger partial charge is 0.0205 e. The Morgan fingerprint density at radius 3 is 2.92 bits per heavy atom. The Bertz CT molecular complexity index is 192. The van der Waals surface area contributed by atoms with Crippen molar-refractivity contribution in [2.24, 2.45) is 17.3 Å². The van der Waals surface area contributed by atoms with Crippen molar-refractivity contribution in [2.45, 2.75) is 46.0 Å². The van der Waals surface area contributed by atoms with E-state index >= 15 is 0 Å². The molecule has 0 aromatic carbocycles. The Morgan fingerprint density at radius 2 is 2.17 bits per heavy atom. The van der Waals surface area contributed by atoms with Crippen LogP contribution in [0.25, 0.3) is 0 Å². The highest BCUT2D eigenvalue weighted by atomic mass is 14.4. The quantitative estimate of drug-likeness (QED) is 0.478. The second-order valence-electron chi connectivity index (χ2n) is 4.90. The van der Waals surface area contributed by atoms with Crippen molar-refractivity contribution in [3.8, 4) is 0 Å². The molecule has 0 saturated heterocycles. The van der Waals surface area contributed by atoms with E-state index in [1.807, 2.05) is 0 Å². The molecule has 0 amide bonds. The van der Waals surface area contributed by atoms with Crippen molar-refractivity contribution in [2.75, 3.05) is 0 Å². The fraction of sp³-hybridized carbons (Fsp3) is 0.833. The zero-order valence-corrected chi connectivity index (χ0v) is 8.34. The molecular weight excluding hydrogens is 144 g/mol. The fourth-order valence-electron chi connectivity index (χ4n) is 3.08. The second-order valence-corrected chi connectivity index (χ2v) is 4.90. The lowest BCUT2D eigenvalue weighted by Crippen LogP contribution is -2.37. The van der Waals surface area contributed by atoms with E-state index in [4.69, 9.17) is 0 Å². The van der Waals surface area contributed by atoms with Gasteiger partial charge in [-0.1, -0.05) is 38.8 Å². The fourth-order valence-corrected chi connectivity index (χ4v) is 3.08. The van der Waals surface area contributed by atoms with Gasteiger partial charge in [-0.25, -0.2) is 0 Å². The zero-order chi connectivity index (χ0) is 8.60. The summed E-state index contributed by atoms with van der Waals surface area (Å²) in [6.07, 6.45) is 12.1. The third-order valence-corrected chi connectivity index (χ3v) is 4.34. The van der Waals surface area contributed by atoms with Crippen molar-refractivity contribution in [1.29, 1.82) is 0 Å². The van der Waals surface area contributed by atoms with Crippen LogP contribution in [0.1, 0.15) is 46.0 Å². The minimum absolute atomic E-state index is 0.646. The van der Waals surface area contributed by atoms with E-state index < -0.39 is 0 Å². The Hall–Kier alpha value is -0.260. The molecule has 2 aliphatic rings. The first-order valence-electron chi connectivity index (χ1n) is 5.40. The first-order valence-corrected chi connectivity index (χ1v) is 5.40. The van der Waals surface area contributed by atoms with Gasteiger partial charge in [0, 0.05) is 0 Å². The molecule has 2 aliphatic carbocycles. The summed E-state index contributed by atoms with van der Waals surface area (Å²) in [5.41, 5.74) is 0.646. The molecule has 0 aromatic heterocycles. The maximum Gasteiger partial charge on any atom is -0.0205 e. The summed E-state index contributed by atoms with van der Waals surface area (Å²) in [5.74, 6) is 1.81. The molecule has 2 rings (SSSR count). The van der Waals surface area contributed by atoms with Gasteiger partial charge in [-0.05, 0) is 36.5 Å². The minimum atomic E-state index is 0.646. The van der Waals surface area contributed by atoms with Crippen LogP contribution in [0.4, 0.5) is 0 Å². The number of fused-ring (bicyclic) bond motifs is 1. The highest BCUT2D eigenvalue weighted by Crippen LogP contribution is 2.50. The van der Waals surface area contributed by atoms with Crippen LogP contribution in [0.5, 0.6) is 0 Å². The predicted octanol–water partition coefficient (Wildman–Crippen LogP) is 3.78. The van der Waals surface area contributed by atoms with Crippen LogP contribution in [-0.4, -0.2) is 0 Å². The molecule has 0 N–H and O–H groups in total. The van der Waals surface area contributed by atoms with Crippen molar-refractivity contribution >= 4 is 0 Å². The van der Waals surface area contributed by atoms with Gasteiger partial charge < -0.3 is 0 Å². The van der Waals surface area contributed by atoms with Gasteiger partial charge in [0.05, 0.1) is 0 Å². The average molecular weight is 164 g/mol. The van der Waals surface area contributed by atoms with Crippen LogP contribution < -0.4 is 0 Å².